The van der Waals surface area contributed by atoms with Crippen molar-refractivity contribution < 1.29 is 14.7 Å². The quantitative estimate of drug-likeness (QED) is 0.843. The van der Waals surface area contributed by atoms with Gasteiger partial charge >= 0.3 is 5.97 Å². The van der Waals surface area contributed by atoms with Gasteiger partial charge in [0.1, 0.15) is 0 Å². The van der Waals surface area contributed by atoms with Crippen molar-refractivity contribution in [2.45, 2.75) is 25.8 Å². The number of thiophene rings is 1. The molecule has 0 bridgehead atoms. The summed E-state index contributed by atoms with van der Waals surface area (Å²) in [6, 6.07) is 1.93. The minimum Gasteiger partial charge on any atom is -0.478 e. The molecule has 0 radical (unpaired) electrons. The van der Waals surface area contributed by atoms with Crippen LogP contribution >= 0.6 is 11.3 Å². The van der Waals surface area contributed by atoms with E-state index in [0.29, 0.717) is 6.54 Å². The molecule has 2 rings (SSSR count). The maximum atomic E-state index is 12.0. The lowest BCUT2D eigenvalue weighted by Crippen LogP contribution is -2.35. The smallest absolute Gasteiger partial charge is 0.328 e. The van der Waals surface area contributed by atoms with E-state index in [1.165, 1.54) is 11.3 Å². The summed E-state index contributed by atoms with van der Waals surface area (Å²) < 4.78 is 0. The standard InChI is InChI=1S/C14H17NO3S/c1-15(14(18)11-3-2-4-11)8-10-7-12(19-9-10)5-6-13(16)17/h5-7,9,11H,2-4,8H2,1H3,(H,16,17)/b6-5+. The molecule has 1 heterocycles. The number of carbonyl (C=O) groups excluding carboxylic acids is 1. The summed E-state index contributed by atoms with van der Waals surface area (Å²) in [6.07, 6.45) is 5.88. The lowest BCUT2D eigenvalue weighted by atomic mass is 9.84. The van der Waals surface area contributed by atoms with Gasteiger partial charge in [-0.3, -0.25) is 4.79 Å². The molecule has 19 heavy (non-hydrogen) atoms. The van der Waals surface area contributed by atoms with Crippen LogP contribution in [0.5, 0.6) is 0 Å². The van der Waals surface area contributed by atoms with Crippen molar-refractivity contribution in [3.05, 3.63) is 28.0 Å². The number of amides is 1. The molecule has 1 aliphatic rings. The second-order valence-corrected chi connectivity index (χ2v) is 5.79. The molecule has 4 nitrogen and oxygen atoms in total. The van der Waals surface area contributed by atoms with Gasteiger partial charge < -0.3 is 10.0 Å². The van der Waals surface area contributed by atoms with Gasteiger partial charge in [0, 0.05) is 30.5 Å². The largest absolute Gasteiger partial charge is 0.478 e. The Hall–Kier alpha value is -1.62. The lowest BCUT2D eigenvalue weighted by Gasteiger charge is -2.29. The average Bonchev–Trinajstić information content (AvgIpc) is 2.71. The molecule has 1 N–H and O–H groups in total. The molecule has 102 valence electrons. The molecule has 0 unspecified atom stereocenters. The Labute approximate surface area is 116 Å². The molecule has 1 aromatic rings. The van der Waals surface area contributed by atoms with Crippen molar-refractivity contribution in [3.8, 4) is 0 Å². The number of aliphatic carboxylic acids is 1. The van der Waals surface area contributed by atoms with E-state index in [0.717, 1.165) is 35.8 Å². The molecule has 1 fully saturated rings. The summed E-state index contributed by atoms with van der Waals surface area (Å²) in [4.78, 5) is 25.1. The molecule has 5 heteroatoms. The number of nitrogens with zero attached hydrogens (tertiary/aromatic N) is 1. The molecule has 0 atom stereocenters. The van der Waals surface area contributed by atoms with E-state index in [2.05, 4.69) is 0 Å². The first kappa shape index (κ1) is 13.8. The summed E-state index contributed by atoms with van der Waals surface area (Å²) in [5.74, 6) is -0.512. The van der Waals surface area contributed by atoms with Gasteiger partial charge in [-0.1, -0.05) is 6.42 Å². The zero-order chi connectivity index (χ0) is 13.8. The molecule has 1 saturated carbocycles. The molecule has 0 aliphatic heterocycles. The van der Waals surface area contributed by atoms with Crippen molar-refractivity contribution in [3.63, 3.8) is 0 Å². The lowest BCUT2D eigenvalue weighted by molar-refractivity contribution is -0.137. The third-order valence-electron chi connectivity index (χ3n) is 3.31. The van der Waals surface area contributed by atoms with E-state index < -0.39 is 5.97 Å². The van der Waals surface area contributed by atoms with Gasteiger partial charge in [0.05, 0.1) is 0 Å². The molecule has 0 aromatic carbocycles. The highest BCUT2D eigenvalue weighted by molar-refractivity contribution is 7.11. The van der Waals surface area contributed by atoms with Crippen LogP contribution < -0.4 is 0 Å². The second kappa shape index (κ2) is 6.02. The van der Waals surface area contributed by atoms with Crippen molar-refractivity contribution in [2.75, 3.05) is 7.05 Å². The third kappa shape index (κ3) is 3.67. The van der Waals surface area contributed by atoms with Gasteiger partial charge in [0.15, 0.2) is 0 Å². The van der Waals surface area contributed by atoms with Gasteiger partial charge in [-0.25, -0.2) is 4.79 Å². The van der Waals surface area contributed by atoms with Crippen LogP contribution in [-0.4, -0.2) is 28.9 Å². The van der Waals surface area contributed by atoms with Crippen LogP contribution in [0.15, 0.2) is 17.5 Å². The van der Waals surface area contributed by atoms with E-state index in [1.54, 1.807) is 11.0 Å². The first-order chi connectivity index (χ1) is 9.06. The van der Waals surface area contributed by atoms with Crippen LogP contribution in [0, 0.1) is 5.92 Å². The maximum absolute atomic E-state index is 12.0. The van der Waals surface area contributed by atoms with E-state index in [1.807, 2.05) is 18.5 Å². The summed E-state index contributed by atoms with van der Waals surface area (Å²) in [5.41, 5.74) is 1.05. The second-order valence-electron chi connectivity index (χ2n) is 4.85. The number of rotatable bonds is 5. The number of carboxylic acids is 1. The zero-order valence-electron chi connectivity index (χ0n) is 10.8. The van der Waals surface area contributed by atoms with Gasteiger partial charge in [-0.2, -0.15) is 0 Å². The van der Waals surface area contributed by atoms with Gasteiger partial charge in [0.2, 0.25) is 5.91 Å². The van der Waals surface area contributed by atoms with Gasteiger partial charge in [0.25, 0.3) is 0 Å². The predicted octanol–water partition coefficient (Wildman–Crippen LogP) is 2.60. The summed E-state index contributed by atoms with van der Waals surface area (Å²) in [6.45, 7) is 0.590. The first-order valence-corrected chi connectivity index (χ1v) is 7.17. The SMILES string of the molecule is CN(Cc1csc(/C=C/C(=O)O)c1)C(=O)C1CCC1. The number of carbonyl (C=O) groups is 2. The van der Waals surface area contributed by atoms with Crippen molar-refractivity contribution in [1.82, 2.24) is 4.90 Å². The number of carboxylic acid groups (broad SMARTS) is 1. The Bertz CT molecular complexity index is 503. The Balaban J connectivity index is 1.91. The fourth-order valence-electron chi connectivity index (χ4n) is 2.04. The van der Waals surface area contributed by atoms with E-state index >= 15 is 0 Å². The topological polar surface area (TPSA) is 57.6 Å². The molecule has 1 aromatic heterocycles. The third-order valence-corrected chi connectivity index (χ3v) is 4.26. The molecule has 1 aliphatic carbocycles. The van der Waals surface area contributed by atoms with E-state index in [-0.39, 0.29) is 11.8 Å². The fraction of sp³-hybridized carbons (Fsp3) is 0.429. The van der Waals surface area contributed by atoms with Crippen LogP contribution in [0.4, 0.5) is 0 Å². The Morgan fingerprint density at radius 2 is 2.26 bits per heavy atom. The predicted molar refractivity (Wildman–Crippen MR) is 74.8 cm³/mol. The highest BCUT2D eigenvalue weighted by atomic mass is 32.1. The Morgan fingerprint density at radius 3 is 2.84 bits per heavy atom. The summed E-state index contributed by atoms with van der Waals surface area (Å²) >= 11 is 1.49. The summed E-state index contributed by atoms with van der Waals surface area (Å²) in [7, 11) is 1.82. The van der Waals surface area contributed by atoms with Crippen LogP contribution in [0.2, 0.25) is 0 Å². The molecular formula is C14H17NO3S. The normalized spacial score (nSPS) is 15.4. The average molecular weight is 279 g/mol. The number of hydrogen-bond acceptors (Lipinski definition) is 3. The van der Waals surface area contributed by atoms with Crippen LogP contribution in [0.25, 0.3) is 6.08 Å². The first-order valence-electron chi connectivity index (χ1n) is 6.29. The summed E-state index contributed by atoms with van der Waals surface area (Å²) in [5, 5.41) is 10.5. The van der Waals surface area contributed by atoms with Crippen LogP contribution in [-0.2, 0) is 16.1 Å². The maximum Gasteiger partial charge on any atom is 0.328 e. The molecule has 0 spiro atoms. The van der Waals surface area contributed by atoms with Crippen LogP contribution in [0.3, 0.4) is 0 Å². The van der Waals surface area contributed by atoms with Crippen LogP contribution in [0.1, 0.15) is 29.7 Å². The van der Waals surface area contributed by atoms with E-state index in [4.69, 9.17) is 5.11 Å². The Kier molecular flexibility index (Phi) is 4.37. The van der Waals surface area contributed by atoms with Gasteiger partial charge in [-0.15, -0.1) is 11.3 Å². The fourth-order valence-corrected chi connectivity index (χ4v) is 2.83. The van der Waals surface area contributed by atoms with Crippen molar-refractivity contribution in [2.24, 2.45) is 5.92 Å². The van der Waals surface area contributed by atoms with Crippen molar-refractivity contribution in [1.29, 1.82) is 0 Å². The highest BCUT2D eigenvalue weighted by Gasteiger charge is 2.27. The molecule has 0 saturated heterocycles. The van der Waals surface area contributed by atoms with E-state index in [9.17, 15) is 9.59 Å². The van der Waals surface area contributed by atoms with Gasteiger partial charge in [-0.05, 0) is 35.9 Å². The monoisotopic (exact) mass is 279 g/mol. The highest BCUT2D eigenvalue weighted by Crippen LogP contribution is 2.28. The zero-order valence-corrected chi connectivity index (χ0v) is 11.7. The minimum absolute atomic E-state index is 0.218. The molecule has 1 amide bonds. The van der Waals surface area contributed by atoms with Crippen molar-refractivity contribution >= 4 is 29.3 Å². The number of hydrogen-bond donors (Lipinski definition) is 1. The molecular weight excluding hydrogens is 262 g/mol. The minimum atomic E-state index is -0.952. The Morgan fingerprint density at radius 1 is 1.53 bits per heavy atom.